The minimum atomic E-state index is -0.319. The molecule has 45 heavy (non-hydrogen) atoms. The number of hydrogen-bond acceptors (Lipinski definition) is 6. The van der Waals surface area contributed by atoms with E-state index >= 15 is 0 Å². The number of aryl methyl sites for hydroxylation is 1. The fraction of sp³-hybridized carbons (Fsp3) is 0.694. The standard InChI is InChI=1S/C36H53N5O4/c1-4-5-11-29-26-40(25-28-9-7-6-8-10-28)35(43)45-36(29)18-22-38(23-19-36)30-16-20-39(21-17-30)34(42)33-24-27(2)37-41(33)31-12-14-32(44-3)15-13-31/h12-15,24,28-30H,4-11,16-23,25-26H2,1-3H3. The fourth-order valence-electron chi connectivity index (χ4n) is 8.41. The highest BCUT2D eigenvalue weighted by molar-refractivity contribution is 5.93. The second-order valence-electron chi connectivity index (χ2n) is 14.0. The van der Waals surface area contributed by atoms with Crippen LogP contribution in [0.2, 0.25) is 0 Å². The van der Waals surface area contributed by atoms with E-state index in [1.54, 1.807) is 11.8 Å². The zero-order chi connectivity index (χ0) is 31.4. The van der Waals surface area contributed by atoms with Crippen molar-refractivity contribution in [3.05, 3.63) is 41.7 Å². The SMILES string of the molecule is CCCCC1CN(CC2CCCCC2)C(=O)OC12CCN(C1CCN(C(=O)c3cc(C)nn3-c3ccc(OC)cc3)CC1)CC2. The molecule has 3 saturated heterocycles. The van der Waals surface area contributed by atoms with Gasteiger partial charge in [0, 0.05) is 64.1 Å². The van der Waals surface area contributed by atoms with Crippen LogP contribution in [0.25, 0.3) is 5.69 Å². The summed E-state index contributed by atoms with van der Waals surface area (Å²) in [7, 11) is 1.65. The second kappa shape index (κ2) is 14.1. The molecule has 4 aliphatic rings. The lowest BCUT2D eigenvalue weighted by atomic mass is 9.75. The van der Waals surface area contributed by atoms with Gasteiger partial charge in [-0.1, -0.05) is 39.0 Å². The summed E-state index contributed by atoms with van der Waals surface area (Å²) >= 11 is 0. The van der Waals surface area contributed by atoms with E-state index in [4.69, 9.17) is 9.47 Å². The van der Waals surface area contributed by atoms with Crippen LogP contribution in [0.3, 0.4) is 0 Å². The lowest BCUT2D eigenvalue weighted by Gasteiger charge is -2.52. The molecule has 0 bridgehead atoms. The van der Waals surface area contributed by atoms with Crippen molar-refractivity contribution in [3.63, 3.8) is 0 Å². The number of nitrogens with zero attached hydrogens (tertiary/aromatic N) is 5. The fourth-order valence-corrected chi connectivity index (χ4v) is 8.41. The summed E-state index contributed by atoms with van der Waals surface area (Å²) in [5.41, 5.74) is 1.96. The Kier molecular flexibility index (Phi) is 10.0. The maximum Gasteiger partial charge on any atom is 0.410 e. The van der Waals surface area contributed by atoms with Crippen LogP contribution in [-0.2, 0) is 4.74 Å². The number of ether oxygens (including phenoxy) is 2. The molecule has 0 N–H and O–H groups in total. The average Bonchev–Trinajstić information content (AvgIpc) is 3.47. The van der Waals surface area contributed by atoms with Crippen LogP contribution in [0.5, 0.6) is 5.75 Å². The Morgan fingerprint density at radius 3 is 2.40 bits per heavy atom. The highest BCUT2D eigenvalue weighted by Crippen LogP contribution is 2.42. The number of unbranched alkanes of at least 4 members (excludes halogenated alkanes) is 1. The molecule has 6 rings (SSSR count). The Labute approximate surface area is 269 Å². The van der Waals surface area contributed by atoms with Crippen LogP contribution in [0, 0.1) is 18.8 Å². The lowest BCUT2D eigenvalue weighted by Crippen LogP contribution is -2.61. The zero-order valence-corrected chi connectivity index (χ0v) is 27.7. The van der Waals surface area contributed by atoms with Crippen molar-refractivity contribution in [3.8, 4) is 11.4 Å². The molecule has 9 nitrogen and oxygen atoms in total. The minimum absolute atomic E-state index is 0.0353. The third kappa shape index (κ3) is 7.03. The molecular formula is C36H53N5O4. The minimum Gasteiger partial charge on any atom is -0.497 e. The van der Waals surface area contributed by atoms with Crippen LogP contribution in [0.15, 0.2) is 30.3 Å². The van der Waals surface area contributed by atoms with Crippen molar-refractivity contribution in [2.24, 2.45) is 11.8 Å². The van der Waals surface area contributed by atoms with Gasteiger partial charge in [-0.2, -0.15) is 5.10 Å². The molecule has 0 radical (unpaired) electrons. The van der Waals surface area contributed by atoms with Crippen molar-refractivity contribution >= 4 is 12.0 Å². The number of likely N-dealkylation sites (tertiary alicyclic amines) is 2. The highest BCUT2D eigenvalue weighted by atomic mass is 16.6. The number of piperidine rings is 2. The monoisotopic (exact) mass is 619 g/mol. The Bertz CT molecular complexity index is 1290. The lowest BCUT2D eigenvalue weighted by molar-refractivity contribution is -0.127. The topological polar surface area (TPSA) is 80.1 Å². The Hall–Kier alpha value is -3.07. The van der Waals surface area contributed by atoms with Gasteiger partial charge in [-0.05, 0) is 75.3 Å². The normalized spacial score (nSPS) is 23.4. The smallest absolute Gasteiger partial charge is 0.410 e. The number of amides is 2. The van der Waals surface area contributed by atoms with E-state index < -0.39 is 0 Å². The van der Waals surface area contributed by atoms with Crippen molar-refractivity contribution < 1.29 is 19.1 Å². The second-order valence-corrected chi connectivity index (χ2v) is 14.0. The first-order chi connectivity index (χ1) is 21.9. The van der Waals surface area contributed by atoms with Gasteiger partial charge in [-0.3, -0.25) is 9.69 Å². The molecule has 246 valence electrons. The molecule has 9 heteroatoms. The predicted molar refractivity (Wildman–Crippen MR) is 175 cm³/mol. The molecule has 3 aliphatic heterocycles. The van der Waals surface area contributed by atoms with Crippen molar-refractivity contribution in [1.82, 2.24) is 24.5 Å². The van der Waals surface area contributed by atoms with E-state index in [-0.39, 0.29) is 17.6 Å². The summed E-state index contributed by atoms with van der Waals surface area (Å²) in [6.07, 6.45) is 13.6. The first-order valence-electron chi connectivity index (χ1n) is 17.6. The van der Waals surface area contributed by atoms with Gasteiger partial charge >= 0.3 is 6.09 Å². The first kappa shape index (κ1) is 31.9. The van der Waals surface area contributed by atoms with E-state index in [0.717, 1.165) is 88.5 Å². The third-order valence-electron chi connectivity index (χ3n) is 11.1. The summed E-state index contributed by atoms with van der Waals surface area (Å²) in [4.78, 5) is 33.7. The number of aromatic nitrogens is 2. The van der Waals surface area contributed by atoms with E-state index in [2.05, 4.69) is 21.8 Å². The molecule has 1 aromatic carbocycles. The molecule has 1 atom stereocenters. The van der Waals surface area contributed by atoms with Gasteiger partial charge in [-0.15, -0.1) is 0 Å². The van der Waals surface area contributed by atoms with Crippen molar-refractivity contribution in [1.29, 1.82) is 0 Å². The summed E-state index contributed by atoms with van der Waals surface area (Å²) in [5, 5.41) is 4.63. The van der Waals surface area contributed by atoms with Crippen LogP contribution in [0.4, 0.5) is 4.79 Å². The Morgan fingerprint density at radius 1 is 1.02 bits per heavy atom. The quantitative estimate of drug-likeness (QED) is 0.320. The van der Waals surface area contributed by atoms with Crippen LogP contribution >= 0.6 is 0 Å². The van der Waals surface area contributed by atoms with Gasteiger partial charge in [0.15, 0.2) is 0 Å². The maximum atomic E-state index is 13.7. The molecule has 4 heterocycles. The molecule has 2 amide bonds. The third-order valence-corrected chi connectivity index (χ3v) is 11.1. The number of carbonyl (C=O) groups is 2. The Morgan fingerprint density at radius 2 is 1.73 bits per heavy atom. The molecule has 1 aromatic heterocycles. The van der Waals surface area contributed by atoms with Crippen molar-refractivity contribution in [2.75, 3.05) is 46.4 Å². The van der Waals surface area contributed by atoms with E-state index in [1.165, 1.54) is 44.9 Å². The number of rotatable bonds is 9. The van der Waals surface area contributed by atoms with E-state index in [9.17, 15) is 9.59 Å². The van der Waals surface area contributed by atoms with Gasteiger partial charge in [0.1, 0.15) is 17.0 Å². The average molecular weight is 620 g/mol. The van der Waals surface area contributed by atoms with Gasteiger partial charge in [0.05, 0.1) is 18.5 Å². The molecule has 1 aliphatic carbocycles. The predicted octanol–water partition coefficient (Wildman–Crippen LogP) is 6.47. The molecular weight excluding hydrogens is 566 g/mol. The Balaban J connectivity index is 1.04. The van der Waals surface area contributed by atoms with Gasteiger partial charge < -0.3 is 19.3 Å². The molecule has 2 aromatic rings. The molecule has 1 saturated carbocycles. The van der Waals surface area contributed by atoms with Crippen LogP contribution in [-0.4, -0.2) is 94.5 Å². The number of hydrogen-bond donors (Lipinski definition) is 0. The number of carbonyl (C=O) groups excluding carboxylic acids is 2. The van der Waals surface area contributed by atoms with Gasteiger partial charge in [0.25, 0.3) is 5.91 Å². The van der Waals surface area contributed by atoms with E-state index in [0.29, 0.717) is 23.6 Å². The molecule has 1 unspecified atom stereocenters. The molecule has 1 spiro atoms. The largest absolute Gasteiger partial charge is 0.497 e. The van der Waals surface area contributed by atoms with Gasteiger partial charge in [-0.25, -0.2) is 9.48 Å². The van der Waals surface area contributed by atoms with Crippen LogP contribution < -0.4 is 4.74 Å². The van der Waals surface area contributed by atoms with Crippen molar-refractivity contribution in [2.45, 2.75) is 103 Å². The van der Waals surface area contributed by atoms with E-state index in [1.807, 2.05) is 42.2 Å². The summed E-state index contributed by atoms with van der Waals surface area (Å²) in [6.45, 7) is 9.32. The maximum absolute atomic E-state index is 13.7. The molecule has 4 fully saturated rings. The number of benzene rings is 1. The summed E-state index contributed by atoms with van der Waals surface area (Å²) < 4.78 is 13.5. The first-order valence-corrected chi connectivity index (χ1v) is 17.6. The summed E-state index contributed by atoms with van der Waals surface area (Å²) in [6, 6.07) is 9.99. The van der Waals surface area contributed by atoms with Crippen LogP contribution in [0.1, 0.15) is 100 Å². The van der Waals surface area contributed by atoms with Gasteiger partial charge in [0.2, 0.25) is 0 Å². The highest BCUT2D eigenvalue weighted by Gasteiger charge is 2.50. The number of methoxy groups -OCH3 is 1. The summed E-state index contributed by atoms with van der Waals surface area (Å²) in [5.74, 6) is 1.86. The zero-order valence-electron chi connectivity index (χ0n) is 27.7.